The molecule has 2 aromatic heterocycles. The molecule has 0 aliphatic carbocycles. The maximum atomic E-state index is 12.5. The second-order valence-electron chi connectivity index (χ2n) is 6.97. The number of anilines is 1. The summed E-state index contributed by atoms with van der Waals surface area (Å²) in [7, 11) is 0. The van der Waals surface area contributed by atoms with Crippen molar-refractivity contribution in [1.82, 2.24) is 20.0 Å². The van der Waals surface area contributed by atoms with Crippen LogP contribution in [0.1, 0.15) is 17.4 Å². The molecule has 1 aromatic carbocycles. The molecule has 1 amide bonds. The second-order valence-corrected chi connectivity index (χ2v) is 6.97. The van der Waals surface area contributed by atoms with E-state index in [9.17, 15) is 9.59 Å². The van der Waals surface area contributed by atoms with Gasteiger partial charge in [0.05, 0.1) is 18.4 Å². The summed E-state index contributed by atoms with van der Waals surface area (Å²) in [5.41, 5.74) is 2.83. The lowest BCUT2D eigenvalue weighted by Gasteiger charge is -2.31. The van der Waals surface area contributed by atoms with Crippen molar-refractivity contribution < 1.29 is 19.1 Å². The fourth-order valence-electron chi connectivity index (χ4n) is 3.66. The molecule has 2 aliphatic heterocycles. The Morgan fingerprint density at radius 1 is 1.24 bits per heavy atom. The Morgan fingerprint density at radius 3 is 2.83 bits per heavy atom. The van der Waals surface area contributed by atoms with Crippen molar-refractivity contribution in [1.29, 1.82) is 0 Å². The van der Waals surface area contributed by atoms with Crippen LogP contribution in [0.2, 0.25) is 0 Å². The smallest absolute Gasteiger partial charge is 0.415 e. The number of ketones is 1. The highest BCUT2D eigenvalue weighted by Crippen LogP contribution is 2.41. The molecule has 0 saturated carbocycles. The minimum absolute atomic E-state index is 0.0793. The molecule has 9 nitrogen and oxygen atoms in total. The summed E-state index contributed by atoms with van der Waals surface area (Å²) in [6, 6.07) is 8.91. The highest BCUT2D eigenvalue weighted by Gasteiger charge is 2.46. The average Bonchev–Trinajstić information content (AvgIpc) is 3.36. The van der Waals surface area contributed by atoms with Crippen LogP contribution in [0.15, 0.2) is 48.9 Å². The Balaban J connectivity index is 1.42. The van der Waals surface area contributed by atoms with Gasteiger partial charge in [0.2, 0.25) is 0 Å². The van der Waals surface area contributed by atoms with E-state index in [4.69, 9.17) is 9.47 Å². The molecule has 29 heavy (non-hydrogen) atoms. The number of fused-ring (bicyclic) bond motifs is 3. The molecule has 9 heteroatoms. The van der Waals surface area contributed by atoms with Gasteiger partial charge in [0.15, 0.2) is 5.78 Å². The molecule has 5 rings (SSSR count). The highest BCUT2D eigenvalue weighted by molar-refractivity contribution is 5.94. The van der Waals surface area contributed by atoms with Crippen molar-refractivity contribution in [2.24, 2.45) is 0 Å². The summed E-state index contributed by atoms with van der Waals surface area (Å²) in [6.07, 6.45) is 4.19. The van der Waals surface area contributed by atoms with Gasteiger partial charge < -0.3 is 9.47 Å². The van der Waals surface area contributed by atoms with Crippen molar-refractivity contribution in [3.8, 4) is 16.9 Å². The van der Waals surface area contributed by atoms with Crippen LogP contribution in [-0.2, 0) is 11.3 Å². The van der Waals surface area contributed by atoms with E-state index in [-0.39, 0.29) is 17.9 Å². The van der Waals surface area contributed by atoms with Crippen LogP contribution >= 0.6 is 0 Å². The number of aromatic nitrogens is 4. The minimum Gasteiger partial charge on any atom is -0.489 e. The van der Waals surface area contributed by atoms with Gasteiger partial charge in [-0.05, 0) is 23.8 Å². The zero-order valence-corrected chi connectivity index (χ0v) is 15.6. The van der Waals surface area contributed by atoms with Gasteiger partial charge in [-0.2, -0.15) is 0 Å². The van der Waals surface area contributed by atoms with E-state index < -0.39 is 6.09 Å². The lowest BCUT2D eigenvalue weighted by molar-refractivity contribution is 0.101. The first kappa shape index (κ1) is 17.4. The van der Waals surface area contributed by atoms with E-state index in [0.29, 0.717) is 30.3 Å². The second kappa shape index (κ2) is 6.69. The van der Waals surface area contributed by atoms with Gasteiger partial charge in [-0.3, -0.25) is 14.7 Å². The first-order valence-corrected chi connectivity index (χ1v) is 9.18. The summed E-state index contributed by atoms with van der Waals surface area (Å²) in [5, 5.41) is 7.72. The number of benzene rings is 1. The van der Waals surface area contributed by atoms with Crippen molar-refractivity contribution in [2.45, 2.75) is 25.6 Å². The number of hydrogen-bond acceptors (Lipinski definition) is 7. The number of nitrogens with zero attached hydrogens (tertiary/aromatic N) is 5. The molecule has 0 radical (unpaired) electrons. The third-order valence-electron chi connectivity index (χ3n) is 5.14. The molecule has 0 N–H and O–H groups in total. The van der Waals surface area contributed by atoms with Crippen LogP contribution in [0, 0.1) is 0 Å². The highest BCUT2D eigenvalue weighted by atomic mass is 16.6. The van der Waals surface area contributed by atoms with E-state index >= 15 is 0 Å². The molecule has 1 fully saturated rings. The van der Waals surface area contributed by atoms with Gasteiger partial charge in [0, 0.05) is 24.9 Å². The molecule has 4 heterocycles. The van der Waals surface area contributed by atoms with Gasteiger partial charge in [-0.15, -0.1) is 5.10 Å². The van der Waals surface area contributed by atoms with Gasteiger partial charge in [-0.25, -0.2) is 9.48 Å². The number of carbonyl (C=O) groups is 2. The third-order valence-corrected chi connectivity index (χ3v) is 5.14. The number of cyclic esters (lactones) is 1. The largest absolute Gasteiger partial charge is 0.489 e. The minimum atomic E-state index is -0.398. The van der Waals surface area contributed by atoms with Crippen molar-refractivity contribution in [3.63, 3.8) is 0 Å². The van der Waals surface area contributed by atoms with E-state index in [1.165, 1.54) is 6.92 Å². The SMILES string of the molecule is CC(=O)c1ccc(-c2ccc3c(c2)OC[C@H]2[C@H](Cn4ccnn4)OC(=O)N32)cn1. The third kappa shape index (κ3) is 3.00. The number of rotatable bonds is 4. The van der Waals surface area contributed by atoms with Crippen LogP contribution in [0.4, 0.5) is 10.5 Å². The van der Waals surface area contributed by atoms with Crippen molar-refractivity contribution in [2.75, 3.05) is 11.5 Å². The number of amides is 1. The monoisotopic (exact) mass is 391 g/mol. The van der Waals surface area contributed by atoms with E-state index in [1.54, 1.807) is 34.2 Å². The van der Waals surface area contributed by atoms with Gasteiger partial charge >= 0.3 is 6.09 Å². The van der Waals surface area contributed by atoms with Gasteiger partial charge in [-0.1, -0.05) is 17.3 Å². The Morgan fingerprint density at radius 2 is 2.10 bits per heavy atom. The first-order chi connectivity index (χ1) is 14.1. The normalized spacial score (nSPS) is 19.9. The molecule has 2 aliphatic rings. The molecule has 146 valence electrons. The molecule has 3 aromatic rings. The lowest BCUT2D eigenvalue weighted by atomic mass is 10.0. The van der Waals surface area contributed by atoms with E-state index in [2.05, 4.69) is 15.3 Å². The fraction of sp³-hybridized carbons (Fsp3) is 0.250. The number of carbonyl (C=O) groups excluding carboxylic acids is 2. The van der Waals surface area contributed by atoms with Gasteiger partial charge in [0.25, 0.3) is 0 Å². The summed E-state index contributed by atoms with van der Waals surface area (Å²) in [4.78, 5) is 29.8. The zero-order valence-electron chi connectivity index (χ0n) is 15.6. The zero-order chi connectivity index (χ0) is 20.0. The Labute approximate surface area is 165 Å². The molecular weight excluding hydrogens is 374 g/mol. The van der Waals surface area contributed by atoms with Gasteiger partial charge in [0.1, 0.15) is 30.2 Å². The van der Waals surface area contributed by atoms with Crippen LogP contribution in [0.5, 0.6) is 5.75 Å². The van der Waals surface area contributed by atoms with Crippen molar-refractivity contribution in [3.05, 3.63) is 54.6 Å². The molecule has 2 atom stereocenters. The summed E-state index contributed by atoms with van der Waals surface area (Å²) in [5.74, 6) is 0.525. The maximum Gasteiger partial charge on any atom is 0.415 e. The predicted molar refractivity (Wildman–Crippen MR) is 102 cm³/mol. The van der Waals surface area contributed by atoms with Crippen LogP contribution in [0.25, 0.3) is 11.1 Å². The number of hydrogen-bond donors (Lipinski definition) is 0. The summed E-state index contributed by atoms with van der Waals surface area (Å²) in [6.45, 7) is 2.22. The Kier molecular flexibility index (Phi) is 4.01. The summed E-state index contributed by atoms with van der Waals surface area (Å²) >= 11 is 0. The fourth-order valence-corrected chi connectivity index (χ4v) is 3.66. The topological polar surface area (TPSA) is 99.4 Å². The maximum absolute atomic E-state index is 12.5. The number of Topliss-reactive ketones (excluding diaryl/α,β-unsaturated/α-hetero) is 1. The van der Waals surface area contributed by atoms with E-state index in [0.717, 1.165) is 11.1 Å². The predicted octanol–water partition coefficient (Wildman–Crippen LogP) is 2.33. The number of pyridine rings is 1. The Bertz CT molecular complexity index is 1080. The van der Waals surface area contributed by atoms with E-state index in [1.807, 2.05) is 24.3 Å². The summed E-state index contributed by atoms with van der Waals surface area (Å²) < 4.78 is 13.2. The lowest BCUT2D eigenvalue weighted by Crippen LogP contribution is -2.45. The molecular formula is C20H17N5O4. The van der Waals surface area contributed by atoms with Crippen LogP contribution < -0.4 is 9.64 Å². The number of ether oxygens (including phenoxy) is 2. The standard InChI is InChI=1S/C20H17N5O4/c1-12(26)15-4-2-14(9-21-15)13-3-5-16-18(8-13)28-11-17-19(29-20(27)25(16)17)10-24-7-6-22-23-24/h2-9,17,19H,10-11H2,1H3/t17-,19-/m0/s1. The quantitative estimate of drug-likeness (QED) is 0.629. The Hall–Kier alpha value is -3.75. The average molecular weight is 391 g/mol. The molecule has 0 spiro atoms. The first-order valence-electron chi connectivity index (χ1n) is 9.18. The molecule has 0 bridgehead atoms. The van der Waals surface area contributed by atoms with Crippen molar-refractivity contribution >= 4 is 17.6 Å². The van der Waals surface area contributed by atoms with Crippen LogP contribution in [0.3, 0.4) is 0 Å². The molecule has 0 unspecified atom stereocenters. The molecule has 1 saturated heterocycles. The van der Waals surface area contributed by atoms with Crippen LogP contribution in [-0.4, -0.2) is 50.6 Å².